The van der Waals surface area contributed by atoms with Gasteiger partial charge in [0.1, 0.15) is 11.8 Å². The molecule has 148 valence electrons. The number of benzene rings is 2. The maximum atomic E-state index is 11.2. The largest absolute Gasteiger partial charge is 0.496 e. The van der Waals surface area contributed by atoms with Crippen molar-refractivity contribution >= 4 is 28.6 Å². The number of oxime groups is 1. The van der Waals surface area contributed by atoms with E-state index in [-0.39, 0.29) is 22.8 Å². The first-order valence-corrected chi connectivity index (χ1v) is 8.08. The van der Waals surface area contributed by atoms with Crippen molar-refractivity contribution in [1.29, 1.82) is 10.7 Å². The number of nitrogens with one attached hydrogen (secondary N) is 2. The predicted octanol–water partition coefficient (Wildman–Crippen LogP) is 2.63. The third kappa shape index (κ3) is 5.51. The van der Waals surface area contributed by atoms with Crippen LogP contribution in [0, 0.1) is 26.9 Å². The van der Waals surface area contributed by atoms with Gasteiger partial charge in [-0.25, -0.2) is 0 Å². The van der Waals surface area contributed by atoms with E-state index in [9.17, 15) is 10.1 Å². The monoisotopic (exact) mass is 395 g/mol. The van der Waals surface area contributed by atoms with Crippen LogP contribution in [-0.4, -0.2) is 29.3 Å². The quantitative estimate of drug-likeness (QED) is 0.267. The zero-order chi connectivity index (χ0) is 21.4. The third-order valence-electron chi connectivity index (χ3n) is 3.54. The van der Waals surface area contributed by atoms with Gasteiger partial charge in [-0.15, -0.1) is 0 Å². The molecule has 0 amide bonds. The normalized spacial score (nSPS) is 11.3. The maximum Gasteiger partial charge on any atom is 0.275 e. The van der Waals surface area contributed by atoms with Crippen LogP contribution in [0.3, 0.4) is 0 Å². The minimum absolute atomic E-state index is 0.0625. The average molecular weight is 395 g/mol. The smallest absolute Gasteiger partial charge is 0.275 e. The second-order valence-corrected chi connectivity index (χ2v) is 5.54. The fourth-order valence-electron chi connectivity index (χ4n) is 2.19. The highest BCUT2D eigenvalue weighted by Crippen LogP contribution is 2.27. The van der Waals surface area contributed by atoms with Crippen LogP contribution in [0.25, 0.3) is 0 Å². The van der Waals surface area contributed by atoms with Crippen molar-refractivity contribution in [2.24, 2.45) is 16.0 Å². The lowest BCUT2D eigenvalue weighted by Crippen LogP contribution is -2.21. The summed E-state index contributed by atoms with van der Waals surface area (Å²) in [5.74, 6) is 0.118. The Kier molecular flexibility index (Phi) is 6.81. The number of hydrazone groups is 1. The summed E-state index contributed by atoms with van der Waals surface area (Å²) in [6.45, 7) is 1.70. The van der Waals surface area contributed by atoms with Crippen LogP contribution in [0.4, 0.5) is 11.4 Å². The van der Waals surface area contributed by atoms with Gasteiger partial charge in [-0.2, -0.15) is 10.4 Å². The molecule has 29 heavy (non-hydrogen) atoms. The maximum absolute atomic E-state index is 11.2. The summed E-state index contributed by atoms with van der Waals surface area (Å²) in [4.78, 5) is 15.9. The Morgan fingerprint density at radius 2 is 2.07 bits per heavy atom. The molecule has 2 aromatic carbocycles. The van der Waals surface area contributed by atoms with Crippen LogP contribution in [0.1, 0.15) is 12.5 Å². The Morgan fingerprint density at radius 1 is 1.34 bits per heavy atom. The number of para-hydroxylation sites is 1. The number of hydrogen-bond donors (Lipinski definition) is 3. The number of nitrogens with two attached hydrogens (primary N) is 1. The molecule has 0 aromatic heterocycles. The van der Waals surface area contributed by atoms with Gasteiger partial charge in [-0.1, -0.05) is 17.3 Å². The van der Waals surface area contributed by atoms with E-state index < -0.39 is 10.8 Å². The number of nitrogens with zero attached hydrogens (tertiary/aromatic N) is 4. The van der Waals surface area contributed by atoms with Crippen molar-refractivity contribution in [2.75, 3.05) is 12.5 Å². The van der Waals surface area contributed by atoms with Crippen molar-refractivity contribution in [1.82, 2.24) is 0 Å². The van der Waals surface area contributed by atoms with Crippen LogP contribution in [0.2, 0.25) is 0 Å². The lowest BCUT2D eigenvalue weighted by molar-refractivity contribution is -0.384. The number of methoxy groups -OCH3 is 1. The molecule has 0 radical (unpaired) electrons. The van der Waals surface area contributed by atoms with Crippen LogP contribution >= 0.6 is 0 Å². The fraction of sp³-hybridized carbons (Fsp3) is 0.111. The Bertz CT molecular complexity index is 1040. The lowest BCUT2D eigenvalue weighted by atomic mass is 10.1. The van der Waals surface area contributed by atoms with Gasteiger partial charge < -0.3 is 15.3 Å². The Hall–Kier alpha value is -4.46. The summed E-state index contributed by atoms with van der Waals surface area (Å²) in [5, 5.41) is 34.9. The molecular formula is C18H17N7O4. The highest BCUT2D eigenvalue weighted by atomic mass is 16.6. The number of nitro benzene ring substituents is 1. The van der Waals surface area contributed by atoms with E-state index in [1.165, 1.54) is 25.3 Å². The van der Waals surface area contributed by atoms with E-state index in [0.717, 1.165) is 0 Å². The van der Waals surface area contributed by atoms with Gasteiger partial charge in [-0.3, -0.25) is 20.9 Å². The first-order chi connectivity index (χ1) is 13.8. The summed E-state index contributed by atoms with van der Waals surface area (Å²) in [6, 6.07) is 12.6. The van der Waals surface area contributed by atoms with Crippen LogP contribution in [0.15, 0.2) is 52.7 Å². The first-order valence-electron chi connectivity index (χ1n) is 8.08. The van der Waals surface area contributed by atoms with Crippen LogP contribution in [0.5, 0.6) is 11.5 Å². The van der Waals surface area contributed by atoms with Crippen LogP contribution < -0.4 is 20.7 Å². The second kappa shape index (κ2) is 9.47. The topological polar surface area (TPSA) is 172 Å². The molecule has 0 aliphatic heterocycles. The molecule has 2 rings (SSSR count). The molecule has 11 nitrogen and oxygen atoms in total. The molecule has 11 heteroatoms. The van der Waals surface area contributed by atoms with Gasteiger partial charge in [0.25, 0.3) is 5.69 Å². The third-order valence-corrected chi connectivity index (χ3v) is 3.54. The lowest BCUT2D eigenvalue weighted by Gasteiger charge is -2.08. The second-order valence-electron chi connectivity index (χ2n) is 5.54. The van der Waals surface area contributed by atoms with E-state index in [0.29, 0.717) is 17.0 Å². The van der Waals surface area contributed by atoms with E-state index in [1.807, 2.05) is 12.1 Å². The zero-order valence-corrected chi connectivity index (χ0v) is 15.5. The van der Waals surface area contributed by atoms with E-state index in [1.54, 1.807) is 25.1 Å². The minimum Gasteiger partial charge on any atom is -0.496 e. The fourth-order valence-corrected chi connectivity index (χ4v) is 2.19. The summed E-state index contributed by atoms with van der Waals surface area (Å²) in [6.07, 6.45) is 0. The minimum atomic E-state index is -0.616. The molecule has 0 atom stereocenters. The molecule has 0 aliphatic rings. The Labute approximate surface area is 165 Å². The first kappa shape index (κ1) is 20.8. The number of rotatable bonds is 8. The van der Waals surface area contributed by atoms with Crippen molar-refractivity contribution in [3.63, 3.8) is 0 Å². The highest BCUT2D eigenvalue weighted by Gasteiger charge is 2.12. The zero-order valence-electron chi connectivity index (χ0n) is 15.5. The van der Waals surface area contributed by atoms with Crippen molar-refractivity contribution in [3.8, 4) is 17.6 Å². The average Bonchev–Trinajstić information content (AvgIpc) is 2.72. The number of amidine groups is 1. The van der Waals surface area contributed by atoms with Gasteiger partial charge in [0.2, 0.25) is 5.71 Å². The summed E-state index contributed by atoms with van der Waals surface area (Å²) >= 11 is 0. The van der Waals surface area contributed by atoms with Crippen LogP contribution in [-0.2, 0) is 0 Å². The van der Waals surface area contributed by atoms with Gasteiger partial charge in [-0.05, 0) is 19.1 Å². The molecule has 2 aromatic rings. The Morgan fingerprint density at radius 3 is 2.69 bits per heavy atom. The summed E-state index contributed by atoms with van der Waals surface area (Å²) in [7, 11) is 1.53. The molecule has 4 N–H and O–H groups in total. The number of anilines is 1. The molecule has 0 fully saturated rings. The molecule has 0 spiro atoms. The molecule has 0 heterocycles. The Balaban J connectivity index is 2.32. The molecule has 0 aliphatic carbocycles. The van der Waals surface area contributed by atoms with E-state index >= 15 is 0 Å². The van der Waals surface area contributed by atoms with Crippen molar-refractivity contribution in [3.05, 3.63) is 58.1 Å². The molecular weight excluding hydrogens is 378 g/mol. The SMILES string of the molecule is COc1ccccc1C(C)=NOc1cc(N/N=C(\C#N)C(=N)N)cc([N+](=O)[O-])c1. The molecule has 0 saturated heterocycles. The van der Waals surface area contributed by atoms with Gasteiger partial charge in [0.05, 0.1) is 29.5 Å². The molecule has 0 bridgehead atoms. The molecule has 0 saturated carbocycles. The van der Waals surface area contributed by atoms with E-state index in [4.69, 9.17) is 26.0 Å². The van der Waals surface area contributed by atoms with Gasteiger partial charge >= 0.3 is 0 Å². The molecule has 0 unspecified atom stereocenters. The van der Waals surface area contributed by atoms with Gasteiger partial charge in [0, 0.05) is 17.7 Å². The highest BCUT2D eigenvalue weighted by molar-refractivity contribution is 6.45. The van der Waals surface area contributed by atoms with Crippen molar-refractivity contribution in [2.45, 2.75) is 6.92 Å². The number of ether oxygens (including phenoxy) is 1. The van der Waals surface area contributed by atoms with Crippen molar-refractivity contribution < 1.29 is 14.5 Å². The van der Waals surface area contributed by atoms with E-state index in [2.05, 4.69) is 15.7 Å². The predicted molar refractivity (Wildman–Crippen MR) is 108 cm³/mol. The standard InChI is InChI=1S/C18H17N7O4/c1-11(15-5-3-4-6-17(15)28-2)24-29-14-8-12(7-13(9-14)25(26)27)22-23-16(10-19)18(20)21/h3-9,22H,1-2H3,(H3,20,21)/b23-16+,24-11?. The summed E-state index contributed by atoms with van der Waals surface area (Å²) < 4.78 is 5.27. The number of non-ortho nitro benzene ring substituents is 1. The number of hydrogen-bond acceptors (Lipinski definition) is 9. The van der Waals surface area contributed by atoms with Gasteiger partial charge in [0.15, 0.2) is 11.6 Å². The summed E-state index contributed by atoms with van der Waals surface area (Å²) in [5.41, 5.74) is 8.33. The number of nitriles is 1. The number of nitro groups is 1.